The third-order valence-corrected chi connectivity index (χ3v) is 6.48. The highest BCUT2D eigenvalue weighted by atomic mass is 32.1. The molecule has 4 aliphatic rings. The Labute approximate surface area is 126 Å². The van der Waals surface area contributed by atoms with Crippen LogP contribution in [0.1, 0.15) is 17.7 Å². The molecule has 0 unspecified atom stereocenters. The Balaban J connectivity index is 1.48. The van der Waals surface area contributed by atoms with Crippen molar-refractivity contribution in [1.29, 1.82) is 0 Å². The Morgan fingerprint density at radius 3 is 2.38 bits per heavy atom. The van der Waals surface area contributed by atoms with Crippen LogP contribution in [-0.2, 0) is 9.59 Å². The van der Waals surface area contributed by atoms with Gasteiger partial charge in [0.15, 0.2) is 0 Å². The van der Waals surface area contributed by atoms with E-state index in [1.54, 1.807) is 17.6 Å². The van der Waals surface area contributed by atoms with Crippen LogP contribution in [0.15, 0.2) is 34.8 Å². The van der Waals surface area contributed by atoms with E-state index in [9.17, 15) is 9.59 Å². The van der Waals surface area contributed by atoms with Crippen LogP contribution in [0.3, 0.4) is 0 Å². The predicted octanol–water partition coefficient (Wildman–Crippen LogP) is 2.28. The molecule has 1 spiro atoms. The average Bonchev–Trinajstić information content (AvgIpc) is 2.77. The standard InChI is InChI=1S/C16H14N2O2S/c19-14-12-10-3-4-11(16(10)5-6-16)13(12)15(20)18(14)17-8-9-2-1-7-21-9/h1-4,7-8,10-13H,5-6H2/b17-8-/t10-,11-,12-,13+/m1/s1. The molecule has 3 fully saturated rings. The maximum Gasteiger partial charge on any atom is 0.254 e. The zero-order chi connectivity index (χ0) is 14.2. The molecule has 1 aromatic heterocycles. The number of carbonyl (C=O) groups is 2. The summed E-state index contributed by atoms with van der Waals surface area (Å²) in [5, 5.41) is 7.24. The quantitative estimate of drug-likeness (QED) is 0.478. The molecule has 1 saturated heterocycles. The Kier molecular flexibility index (Phi) is 2.10. The molecular weight excluding hydrogens is 284 g/mol. The summed E-state index contributed by atoms with van der Waals surface area (Å²) in [6.07, 6.45) is 8.31. The van der Waals surface area contributed by atoms with Crippen molar-refractivity contribution in [1.82, 2.24) is 5.01 Å². The number of fused-ring (bicyclic) bond motifs is 3. The number of hydrogen-bond acceptors (Lipinski definition) is 4. The van der Waals surface area contributed by atoms with Crippen molar-refractivity contribution in [3.63, 3.8) is 0 Å². The Bertz CT molecular complexity index is 668. The van der Waals surface area contributed by atoms with E-state index in [1.165, 1.54) is 12.8 Å². The van der Waals surface area contributed by atoms with E-state index in [4.69, 9.17) is 0 Å². The highest BCUT2D eigenvalue weighted by Crippen LogP contribution is 2.73. The summed E-state index contributed by atoms with van der Waals surface area (Å²) in [4.78, 5) is 26.2. The van der Waals surface area contributed by atoms with Crippen molar-refractivity contribution in [2.75, 3.05) is 0 Å². The van der Waals surface area contributed by atoms with Gasteiger partial charge in [0.1, 0.15) is 0 Å². The monoisotopic (exact) mass is 298 g/mol. The van der Waals surface area contributed by atoms with Crippen molar-refractivity contribution in [2.24, 2.45) is 34.2 Å². The van der Waals surface area contributed by atoms with Gasteiger partial charge in [-0.1, -0.05) is 18.2 Å². The van der Waals surface area contributed by atoms with Crippen molar-refractivity contribution in [2.45, 2.75) is 12.8 Å². The predicted molar refractivity (Wildman–Crippen MR) is 78.5 cm³/mol. The summed E-state index contributed by atoms with van der Waals surface area (Å²) >= 11 is 1.54. The van der Waals surface area contributed by atoms with Crippen LogP contribution in [0.2, 0.25) is 0 Å². The van der Waals surface area contributed by atoms with E-state index in [-0.39, 0.29) is 40.9 Å². The minimum absolute atomic E-state index is 0.0964. The molecule has 2 bridgehead atoms. The SMILES string of the molecule is O=C1[C@@H]2[C@H](C(=O)N1/N=C\c1cccs1)[C@H]1C=C[C@H]2C12CC2. The Morgan fingerprint density at radius 2 is 1.86 bits per heavy atom. The molecule has 21 heavy (non-hydrogen) atoms. The molecule has 4 atom stereocenters. The second-order valence-electron chi connectivity index (χ2n) is 6.47. The second-order valence-corrected chi connectivity index (χ2v) is 7.45. The first-order chi connectivity index (χ1) is 10.2. The summed E-state index contributed by atoms with van der Waals surface area (Å²) in [6, 6.07) is 3.85. The van der Waals surface area contributed by atoms with Gasteiger partial charge in [0.2, 0.25) is 0 Å². The fraction of sp³-hybridized carbons (Fsp3) is 0.438. The van der Waals surface area contributed by atoms with Crippen molar-refractivity contribution in [3.8, 4) is 0 Å². The van der Waals surface area contributed by atoms with Gasteiger partial charge in [-0.15, -0.1) is 11.3 Å². The number of hydrogen-bond donors (Lipinski definition) is 0. The van der Waals surface area contributed by atoms with Gasteiger partial charge in [0.25, 0.3) is 11.8 Å². The number of imide groups is 1. The van der Waals surface area contributed by atoms with E-state index < -0.39 is 0 Å². The molecule has 5 rings (SSSR count). The second kappa shape index (κ2) is 3.71. The van der Waals surface area contributed by atoms with Crippen molar-refractivity contribution >= 4 is 29.4 Å². The van der Waals surface area contributed by atoms with E-state index in [0.29, 0.717) is 0 Å². The molecule has 2 saturated carbocycles. The van der Waals surface area contributed by atoms with E-state index >= 15 is 0 Å². The highest BCUT2D eigenvalue weighted by molar-refractivity contribution is 7.11. The molecule has 3 aliphatic carbocycles. The summed E-state index contributed by atoms with van der Waals surface area (Å²) in [6.45, 7) is 0. The van der Waals surface area contributed by atoms with Crippen LogP contribution in [0.25, 0.3) is 0 Å². The Morgan fingerprint density at radius 1 is 1.19 bits per heavy atom. The number of nitrogens with zero attached hydrogens (tertiary/aromatic N) is 2. The number of carbonyl (C=O) groups excluding carboxylic acids is 2. The number of thiophene rings is 1. The fourth-order valence-electron chi connectivity index (χ4n) is 4.66. The third kappa shape index (κ3) is 1.33. The molecule has 1 aliphatic heterocycles. The van der Waals surface area contributed by atoms with Crippen LogP contribution in [0, 0.1) is 29.1 Å². The number of amides is 2. The van der Waals surface area contributed by atoms with Gasteiger partial charge >= 0.3 is 0 Å². The highest BCUT2D eigenvalue weighted by Gasteiger charge is 2.73. The van der Waals surface area contributed by atoms with E-state index in [2.05, 4.69) is 17.3 Å². The largest absolute Gasteiger partial charge is 0.272 e. The number of hydrazone groups is 1. The lowest BCUT2D eigenvalue weighted by atomic mass is 9.85. The van der Waals surface area contributed by atoms with Gasteiger partial charge in [-0.05, 0) is 41.5 Å². The normalized spacial score (nSPS) is 38.2. The minimum atomic E-state index is -0.157. The topological polar surface area (TPSA) is 49.7 Å². The summed E-state index contributed by atoms with van der Waals surface area (Å²) in [7, 11) is 0. The zero-order valence-electron chi connectivity index (χ0n) is 11.3. The maximum atomic E-state index is 12.6. The Hall–Kier alpha value is -1.75. The molecule has 0 aromatic carbocycles. The van der Waals surface area contributed by atoms with Gasteiger partial charge < -0.3 is 0 Å². The fourth-order valence-corrected chi connectivity index (χ4v) is 5.24. The lowest BCUT2D eigenvalue weighted by Gasteiger charge is -2.18. The van der Waals surface area contributed by atoms with Crippen molar-refractivity contribution < 1.29 is 9.59 Å². The molecule has 4 nitrogen and oxygen atoms in total. The van der Waals surface area contributed by atoms with Crippen LogP contribution < -0.4 is 0 Å². The third-order valence-electron chi connectivity index (χ3n) is 5.67. The van der Waals surface area contributed by atoms with E-state index in [1.807, 2.05) is 17.5 Å². The van der Waals surface area contributed by atoms with Crippen LogP contribution >= 0.6 is 11.3 Å². The van der Waals surface area contributed by atoms with Crippen LogP contribution in [-0.4, -0.2) is 23.0 Å². The first kappa shape index (κ1) is 11.9. The first-order valence-corrected chi connectivity index (χ1v) is 8.24. The van der Waals surface area contributed by atoms with Gasteiger partial charge in [-0.25, -0.2) is 0 Å². The molecule has 0 radical (unpaired) electrons. The van der Waals surface area contributed by atoms with Crippen molar-refractivity contribution in [3.05, 3.63) is 34.5 Å². The average molecular weight is 298 g/mol. The van der Waals surface area contributed by atoms with Gasteiger partial charge in [0, 0.05) is 4.88 Å². The molecule has 2 heterocycles. The zero-order valence-corrected chi connectivity index (χ0v) is 12.1. The molecule has 2 amide bonds. The van der Waals surface area contributed by atoms with Gasteiger partial charge in [-0.2, -0.15) is 10.1 Å². The minimum Gasteiger partial charge on any atom is -0.272 e. The molecule has 0 N–H and O–H groups in total. The summed E-state index contributed by atoms with van der Waals surface area (Å²) < 4.78 is 0. The summed E-state index contributed by atoms with van der Waals surface area (Å²) in [5.41, 5.74) is 0.254. The summed E-state index contributed by atoms with van der Waals surface area (Å²) in [5.74, 6) is 0.0320. The van der Waals surface area contributed by atoms with Gasteiger partial charge in [-0.3, -0.25) is 9.59 Å². The number of rotatable bonds is 2. The molecule has 1 aromatic rings. The maximum absolute atomic E-state index is 12.6. The first-order valence-electron chi connectivity index (χ1n) is 7.36. The van der Waals surface area contributed by atoms with E-state index in [0.717, 1.165) is 9.89 Å². The van der Waals surface area contributed by atoms with Crippen LogP contribution in [0.5, 0.6) is 0 Å². The lowest BCUT2D eigenvalue weighted by Crippen LogP contribution is -2.30. The van der Waals surface area contributed by atoms with Gasteiger partial charge in [0.05, 0.1) is 18.1 Å². The van der Waals surface area contributed by atoms with Crippen LogP contribution in [0.4, 0.5) is 0 Å². The number of allylic oxidation sites excluding steroid dienone is 2. The molecule has 106 valence electrons. The molecular formula is C16H14N2O2S. The smallest absolute Gasteiger partial charge is 0.254 e. The lowest BCUT2D eigenvalue weighted by molar-refractivity contribution is -0.141. The molecule has 5 heteroatoms.